The highest BCUT2D eigenvalue weighted by Crippen LogP contribution is 2.55. The molecule has 4 N–H and O–H groups in total. The van der Waals surface area contributed by atoms with Crippen LogP contribution >= 0.6 is 0 Å². The summed E-state index contributed by atoms with van der Waals surface area (Å²) in [5, 5.41) is 7.10. The van der Waals surface area contributed by atoms with Gasteiger partial charge in [-0.15, -0.1) is 0 Å². The molecule has 3 aliphatic heterocycles. The fourth-order valence-corrected chi connectivity index (χ4v) is 7.29. The van der Waals surface area contributed by atoms with E-state index in [-0.39, 0.29) is 0 Å². The fourth-order valence-electron chi connectivity index (χ4n) is 7.29. The van der Waals surface area contributed by atoms with Crippen molar-refractivity contribution in [3.05, 3.63) is 60.2 Å². The van der Waals surface area contributed by atoms with Crippen molar-refractivity contribution in [2.24, 2.45) is 0 Å². The van der Waals surface area contributed by atoms with Crippen LogP contribution in [0.25, 0.3) is 44.3 Å². The highest BCUT2D eigenvalue weighted by Gasteiger charge is 2.46. The Bertz CT molecular complexity index is 1660. The largest absolute Gasteiger partial charge is 0.448 e. The third-order valence-electron chi connectivity index (χ3n) is 9.46. The quantitative estimate of drug-likeness (QED) is 0.201. The Balaban J connectivity index is 1.13. The Morgan fingerprint density at radius 2 is 1.15 bits per heavy atom. The normalized spacial score (nSPS) is 23.0. The Hall–Kier alpha value is -3.88. The molecule has 2 aromatic heterocycles. The summed E-state index contributed by atoms with van der Waals surface area (Å²) in [6.07, 6.45) is 8.69. The molecule has 5 aromatic rings. The number of rotatable bonds is 4. The van der Waals surface area contributed by atoms with Crippen molar-refractivity contribution >= 4 is 22.1 Å². The predicted molar refractivity (Wildman–Crippen MR) is 159 cm³/mol. The predicted octanol–water partition coefficient (Wildman–Crippen LogP) is 6.66. The van der Waals surface area contributed by atoms with E-state index in [9.17, 15) is 0 Å². The van der Waals surface area contributed by atoms with E-state index in [4.69, 9.17) is 19.4 Å². The first-order valence-corrected chi connectivity index (χ1v) is 15.2. The van der Waals surface area contributed by atoms with Gasteiger partial charge in [-0.25, -0.2) is 9.97 Å². The summed E-state index contributed by atoms with van der Waals surface area (Å²) < 4.78 is 13.5. The number of hydrogen-bond donors (Lipinski definition) is 4. The van der Waals surface area contributed by atoms with E-state index in [1.54, 1.807) is 0 Å². The molecule has 0 radical (unpaired) electrons. The zero-order valence-electron chi connectivity index (χ0n) is 23.1. The molecule has 208 valence electrons. The zero-order valence-corrected chi connectivity index (χ0v) is 23.1. The highest BCUT2D eigenvalue weighted by atomic mass is 16.7. The Labute approximate surface area is 238 Å². The fraction of sp³-hybridized carbons (Fsp3) is 0.394. The van der Waals surface area contributed by atoms with Crippen LogP contribution in [-0.4, -0.2) is 38.8 Å². The van der Waals surface area contributed by atoms with Crippen molar-refractivity contribution < 1.29 is 9.47 Å². The van der Waals surface area contributed by atoms with Gasteiger partial charge in [-0.2, -0.15) is 0 Å². The minimum absolute atomic E-state index is 0.311. The van der Waals surface area contributed by atoms with Gasteiger partial charge in [0.15, 0.2) is 11.5 Å². The van der Waals surface area contributed by atoms with E-state index in [1.165, 1.54) is 12.8 Å². The third kappa shape index (κ3) is 3.88. The number of ether oxygens (including phenoxy) is 2. The molecule has 3 fully saturated rings. The Morgan fingerprint density at radius 1 is 0.634 bits per heavy atom. The van der Waals surface area contributed by atoms with Gasteiger partial charge in [0.05, 0.1) is 34.2 Å². The number of benzene rings is 3. The van der Waals surface area contributed by atoms with Gasteiger partial charge in [0, 0.05) is 24.0 Å². The van der Waals surface area contributed by atoms with Crippen LogP contribution in [0.3, 0.4) is 0 Å². The van der Waals surface area contributed by atoms with Crippen molar-refractivity contribution in [1.82, 2.24) is 30.6 Å². The molecule has 41 heavy (non-hydrogen) atoms. The smallest absolute Gasteiger partial charge is 0.251 e. The number of aromatic nitrogens is 4. The number of aromatic amines is 2. The summed E-state index contributed by atoms with van der Waals surface area (Å²) in [6, 6.07) is 17.9. The van der Waals surface area contributed by atoms with Crippen molar-refractivity contribution in [2.75, 3.05) is 13.1 Å². The maximum atomic E-state index is 6.77. The standard InChI is InChI=1S/C33H34N6O2/c1-2-14-33(13-1)40-29-21(19-7-11-23-27(17-19)38-31(36-23)25-5-3-15-34-25)9-10-22(30(29)41-33)20-8-12-24-28(18-20)39-32(37-24)26-6-4-16-35-26/h7-12,17-18,25-26,34-35H,1-6,13-16H2,(H,36,38)(H,37,39)/t25-,26-/m0/s1. The second kappa shape index (κ2) is 9.06. The number of fused-ring (bicyclic) bond motifs is 3. The molecule has 2 atom stereocenters. The Morgan fingerprint density at radius 3 is 1.61 bits per heavy atom. The lowest BCUT2D eigenvalue weighted by Gasteiger charge is -2.22. The van der Waals surface area contributed by atoms with Crippen LogP contribution in [0.5, 0.6) is 11.5 Å². The van der Waals surface area contributed by atoms with Gasteiger partial charge in [0.2, 0.25) is 0 Å². The van der Waals surface area contributed by atoms with Gasteiger partial charge >= 0.3 is 0 Å². The first-order chi connectivity index (χ1) is 20.2. The molecule has 1 spiro atoms. The van der Waals surface area contributed by atoms with Gasteiger partial charge in [-0.05, 0) is 99.1 Å². The van der Waals surface area contributed by atoms with Crippen molar-refractivity contribution in [3.8, 4) is 33.8 Å². The Kier molecular flexibility index (Phi) is 5.26. The lowest BCUT2D eigenvalue weighted by atomic mass is 9.97. The molecule has 2 saturated heterocycles. The van der Waals surface area contributed by atoms with E-state index >= 15 is 0 Å². The van der Waals surface area contributed by atoms with Crippen molar-refractivity contribution in [2.45, 2.75) is 69.2 Å². The summed E-state index contributed by atoms with van der Waals surface area (Å²) in [5.74, 6) is 3.19. The molecular formula is C33H34N6O2. The van der Waals surface area contributed by atoms with Gasteiger partial charge in [0.1, 0.15) is 11.6 Å². The first-order valence-electron chi connectivity index (χ1n) is 15.2. The maximum Gasteiger partial charge on any atom is 0.251 e. The van der Waals surface area contributed by atoms with Crippen molar-refractivity contribution in [1.29, 1.82) is 0 Å². The topological polar surface area (TPSA) is 99.9 Å². The van der Waals surface area contributed by atoms with Crippen LogP contribution in [0.1, 0.15) is 75.1 Å². The first kappa shape index (κ1) is 23.8. The van der Waals surface area contributed by atoms with E-state index in [0.29, 0.717) is 12.1 Å². The van der Waals surface area contributed by atoms with E-state index < -0.39 is 5.79 Å². The molecule has 0 unspecified atom stereocenters. The van der Waals surface area contributed by atoms with Crippen LogP contribution in [-0.2, 0) is 0 Å². The lowest BCUT2D eigenvalue weighted by Crippen LogP contribution is -2.34. The molecule has 5 heterocycles. The van der Waals surface area contributed by atoms with Crippen LogP contribution in [0, 0.1) is 0 Å². The van der Waals surface area contributed by atoms with Crippen LogP contribution in [0.15, 0.2) is 48.5 Å². The summed E-state index contributed by atoms with van der Waals surface area (Å²) in [6.45, 7) is 2.10. The van der Waals surface area contributed by atoms with E-state index in [1.807, 2.05) is 0 Å². The minimum atomic E-state index is -0.564. The average Bonchev–Trinajstić information content (AvgIpc) is 3.83. The minimum Gasteiger partial charge on any atom is -0.448 e. The number of nitrogens with one attached hydrogen (secondary N) is 4. The zero-order chi connectivity index (χ0) is 27.0. The maximum absolute atomic E-state index is 6.77. The van der Waals surface area contributed by atoms with Gasteiger partial charge in [-0.3, -0.25) is 0 Å². The van der Waals surface area contributed by atoms with Crippen LogP contribution in [0.2, 0.25) is 0 Å². The molecule has 8 heteroatoms. The molecule has 1 aliphatic carbocycles. The van der Waals surface area contributed by atoms with Crippen LogP contribution in [0.4, 0.5) is 0 Å². The second-order valence-corrected chi connectivity index (χ2v) is 12.1. The van der Waals surface area contributed by atoms with E-state index in [0.717, 1.165) is 119 Å². The highest BCUT2D eigenvalue weighted by molar-refractivity contribution is 5.90. The number of hydrogen-bond acceptors (Lipinski definition) is 6. The summed E-state index contributed by atoms with van der Waals surface area (Å²) in [4.78, 5) is 16.9. The summed E-state index contributed by atoms with van der Waals surface area (Å²) in [5.41, 5.74) is 8.41. The monoisotopic (exact) mass is 546 g/mol. The van der Waals surface area contributed by atoms with Gasteiger partial charge in [-0.1, -0.05) is 12.1 Å². The molecule has 3 aromatic carbocycles. The van der Waals surface area contributed by atoms with Crippen LogP contribution < -0.4 is 20.1 Å². The SMILES string of the molecule is c1cc2nc([C@@H]3CCCN3)[nH]c2cc1-c1ccc(-c2ccc3nc([C@@H]4CCCN4)[nH]c3c2)c2c1OC1(CCCC1)O2. The second-order valence-electron chi connectivity index (χ2n) is 12.1. The lowest BCUT2D eigenvalue weighted by molar-refractivity contribution is -0.0712. The average molecular weight is 547 g/mol. The molecule has 8 nitrogen and oxygen atoms in total. The number of H-pyrrole nitrogens is 2. The molecular weight excluding hydrogens is 512 g/mol. The molecule has 1 saturated carbocycles. The molecule has 4 aliphatic rings. The summed E-state index contributed by atoms with van der Waals surface area (Å²) >= 11 is 0. The van der Waals surface area contributed by atoms with Gasteiger partial charge < -0.3 is 30.1 Å². The molecule has 0 amide bonds. The van der Waals surface area contributed by atoms with Gasteiger partial charge in [0.25, 0.3) is 5.79 Å². The third-order valence-corrected chi connectivity index (χ3v) is 9.46. The van der Waals surface area contributed by atoms with E-state index in [2.05, 4.69) is 69.1 Å². The molecule has 0 bridgehead atoms. The molecule has 9 rings (SSSR count). The number of imidazole rings is 2. The summed E-state index contributed by atoms with van der Waals surface area (Å²) in [7, 11) is 0. The number of nitrogens with zero attached hydrogens (tertiary/aromatic N) is 2. The van der Waals surface area contributed by atoms with Crippen molar-refractivity contribution in [3.63, 3.8) is 0 Å².